The third kappa shape index (κ3) is 3.54. The van der Waals surface area contributed by atoms with Crippen LogP contribution in [-0.2, 0) is 0 Å². The Balaban J connectivity index is 1.50. The molecule has 0 saturated carbocycles. The van der Waals surface area contributed by atoms with Gasteiger partial charge in [0.2, 0.25) is 0 Å². The minimum atomic E-state index is 0.107. The van der Waals surface area contributed by atoms with Gasteiger partial charge in [0.05, 0.1) is 15.7 Å². The van der Waals surface area contributed by atoms with Crippen LogP contribution in [0.4, 0.5) is 0 Å². The maximum absolute atomic E-state index is 12.9. The molecular formula is C19H17ClN2OS2. The number of hydrogen-bond donors (Lipinski definition) is 0. The van der Waals surface area contributed by atoms with Crippen molar-refractivity contribution in [1.29, 1.82) is 0 Å². The van der Waals surface area contributed by atoms with Gasteiger partial charge in [0, 0.05) is 34.7 Å². The Morgan fingerprint density at radius 3 is 2.96 bits per heavy atom. The van der Waals surface area contributed by atoms with Gasteiger partial charge < -0.3 is 4.90 Å². The van der Waals surface area contributed by atoms with Gasteiger partial charge in [0.25, 0.3) is 5.91 Å². The van der Waals surface area contributed by atoms with E-state index in [1.807, 2.05) is 58.6 Å². The minimum Gasteiger partial charge on any atom is -0.338 e. The van der Waals surface area contributed by atoms with Gasteiger partial charge in [-0.25, -0.2) is 4.98 Å². The van der Waals surface area contributed by atoms with Crippen molar-refractivity contribution in [2.45, 2.75) is 11.7 Å². The van der Waals surface area contributed by atoms with Crippen molar-refractivity contribution >= 4 is 50.8 Å². The number of aromatic nitrogens is 1. The smallest absolute Gasteiger partial charge is 0.253 e. The number of fused-ring (bicyclic) bond motifs is 1. The lowest BCUT2D eigenvalue weighted by atomic mass is 10.1. The molecule has 1 atom stereocenters. The number of thiazole rings is 1. The molecule has 0 bridgehead atoms. The summed E-state index contributed by atoms with van der Waals surface area (Å²) in [6.07, 6.45) is 0.920. The van der Waals surface area contributed by atoms with Crippen LogP contribution in [0.2, 0.25) is 5.02 Å². The molecule has 1 saturated heterocycles. The van der Waals surface area contributed by atoms with Gasteiger partial charge in [-0.05, 0) is 36.2 Å². The van der Waals surface area contributed by atoms with Gasteiger partial charge in [0.1, 0.15) is 0 Å². The third-order valence-corrected chi connectivity index (χ3v) is 6.91. The molecule has 3 aromatic rings. The topological polar surface area (TPSA) is 33.2 Å². The Kier molecular flexibility index (Phi) is 4.97. The van der Waals surface area contributed by atoms with Crippen LogP contribution < -0.4 is 0 Å². The Morgan fingerprint density at radius 2 is 2.08 bits per heavy atom. The van der Waals surface area contributed by atoms with Crippen molar-refractivity contribution in [3.05, 3.63) is 64.1 Å². The van der Waals surface area contributed by atoms with Crippen molar-refractivity contribution < 1.29 is 4.79 Å². The lowest BCUT2D eigenvalue weighted by Crippen LogP contribution is -2.32. The molecule has 1 aliphatic rings. The molecule has 2 heterocycles. The van der Waals surface area contributed by atoms with Crippen LogP contribution in [0.15, 0.2) is 48.0 Å². The molecule has 1 aromatic heterocycles. The summed E-state index contributed by atoms with van der Waals surface area (Å²) in [5.74, 6) is 1.03. The molecule has 128 valence electrons. The Bertz CT molecular complexity index is 911. The van der Waals surface area contributed by atoms with Crippen molar-refractivity contribution in [1.82, 2.24) is 9.88 Å². The second kappa shape index (κ2) is 7.36. The largest absolute Gasteiger partial charge is 0.338 e. The Morgan fingerprint density at radius 1 is 1.20 bits per heavy atom. The number of carbonyl (C=O) groups excluding carboxylic acids is 1. The minimum absolute atomic E-state index is 0.107. The first kappa shape index (κ1) is 16.9. The van der Waals surface area contributed by atoms with Crippen LogP contribution in [-0.4, -0.2) is 34.6 Å². The maximum atomic E-state index is 12.9. The summed E-state index contributed by atoms with van der Waals surface area (Å²) >= 11 is 9.81. The molecule has 2 aromatic carbocycles. The highest BCUT2D eigenvalue weighted by molar-refractivity contribution is 7.99. The summed E-state index contributed by atoms with van der Waals surface area (Å²) < 4.78 is 1.06. The molecule has 25 heavy (non-hydrogen) atoms. The van der Waals surface area contributed by atoms with E-state index in [-0.39, 0.29) is 5.91 Å². The average molecular weight is 389 g/mol. The van der Waals surface area contributed by atoms with E-state index in [0.717, 1.165) is 46.1 Å². The van der Waals surface area contributed by atoms with Crippen molar-refractivity contribution in [2.75, 3.05) is 18.8 Å². The maximum Gasteiger partial charge on any atom is 0.253 e. The zero-order chi connectivity index (χ0) is 17.2. The Labute approximate surface area is 160 Å². The lowest BCUT2D eigenvalue weighted by molar-refractivity contribution is 0.0767. The molecule has 3 nitrogen and oxygen atoms in total. The molecular weight excluding hydrogens is 372 g/mol. The highest BCUT2D eigenvalue weighted by Crippen LogP contribution is 2.38. The fraction of sp³-hybridized carbons (Fsp3) is 0.263. The fourth-order valence-electron chi connectivity index (χ4n) is 3.13. The van der Waals surface area contributed by atoms with E-state index < -0.39 is 0 Å². The number of amides is 1. The van der Waals surface area contributed by atoms with E-state index in [1.54, 1.807) is 11.3 Å². The number of carbonyl (C=O) groups is 1. The Hall–Kier alpha value is -1.56. The number of rotatable bonds is 2. The molecule has 1 fully saturated rings. The second-order valence-electron chi connectivity index (χ2n) is 6.00. The number of hydrogen-bond acceptors (Lipinski definition) is 4. The predicted octanol–water partition coefficient (Wildman–Crippen LogP) is 5.27. The summed E-state index contributed by atoms with van der Waals surface area (Å²) in [4.78, 5) is 19.1. The van der Waals surface area contributed by atoms with Gasteiger partial charge in [-0.3, -0.25) is 4.79 Å². The van der Waals surface area contributed by atoms with E-state index in [9.17, 15) is 4.79 Å². The molecule has 1 aliphatic heterocycles. The molecule has 0 radical (unpaired) electrons. The summed E-state index contributed by atoms with van der Waals surface area (Å²) in [5, 5.41) is 1.16. The van der Waals surface area contributed by atoms with E-state index in [1.165, 1.54) is 5.56 Å². The van der Waals surface area contributed by atoms with E-state index in [2.05, 4.69) is 11.1 Å². The van der Waals surface area contributed by atoms with E-state index in [4.69, 9.17) is 11.6 Å². The molecule has 0 spiro atoms. The van der Waals surface area contributed by atoms with Crippen LogP contribution in [0.3, 0.4) is 0 Å². The lowest BCUT2D eigenvalue weighted by Gasteiger charge is -2.20. The molecule has 0 N–H and O–H groups in total. The summed E-state index contributed by atoms with van der Waals surface area (Å²) in [7, 11) is 0. The molecule has 6 heteroatoms. The monoisotopic (exact) mass is 388 g/mol. The van der Waals surface area contributed by atoms with Gasteiger partial charge in [-0.1, -0.05) is 29.8 Å². The van der Waals surface area contributed by atoms with Crippen LogP contribution in [0.25, 0.3) is 10.2 Å². The normalized spacial score (nSPS) is 18.3. The second-order valence-corrected chi connectivity index (χ2v) is 8.60. The van der Waals surface area contributed by atoms with Gasteiger partial charge in [-0.15, -0.1) is 11.3 Å². The quantitative estimate of drug-likeness (QED) is 0.599. The first-order chi connectivity index (χ1) is 12.2. The van der Waals surface area contributed by atoms with Crippen molar-refractivity contribution in [3.8, 4) is 0 Å². The molecule has 1 amide bonds. The fourth-order valence-corrected chi connectivity index (χ4v) is 5.44. The predicted molar refractivity (Wildman–Crippen MR) is 107 cm³/mol. The zero-order valence-corrected chi connectivity index (χ0v) is 15.9. The van der Waals surface area contributed by atoms with Crippen molar-refractivity contribution in [3.63, 3.8) is 0 Å². The summed E-state index contributed by atoms with van der Waals surface area (Å²) in [5.41, 5.74) is 4.69. The summed E-state index contributed by atoms with van der Waals surface area (Å²) in [6.45, 7) is 1.52. The third-order valence-electron chi connectivity index (χ3n) is 4.46. The van der Waals surface area contributed by atoms with E-state index >= 15 is 0 Å². The standard InChI is InChI=1S/C19H17ClN2OS2/c20-15-4-2-1-3-14(15)17-7-8-22(9-10-24-17)19(23)13-5-6-16-18(11-13)25-12-21-16/h1-6,11-12,17H,7-10H2. The average Bonchev–Trinajstić information content (AvgIpc) is 2.97. The number of halogens is 1. The molecule has 4 rings (SSSR count). The number of nitrogens with zero attached hydrogens (tertiary/aromatic N) is 2. The SMILES string of the molecule is O=C(c1ccc2ncsc2c1)N1CCSC(c2ccccc2Cl)CC1. The van der Waals surface area contributed by atoms with Gasteiger partial charge in [0.15, 0.2) is 0 Å². The van der Waals surface area contributed by atoms with Crippen LogP contribution in [0.1, 0.15) is 27.6 Å². The number of benzene rings is 2. The van der Waals surface area contributed by atoms with Crippen LogP contribution >= 0.6 is 34.7 Å². The molecule has 0 aliphatic carbocycles. The highest BCUT2D eigenvalue weighted by atomic mass is 35.5. The van der Waals surface area contributed by atoms with Crippen molar-refractivity contribution in [2.24, 2.45) is 0 Å². The first-order valence-electron chi connectivity index (χ1n) is 8.21. The number of thioether (sulfide) groups is 1. The van der Waals surface area contributed by atoms with Crippen LogP contribution in [0, 0.1) is 0 Å². The summed E-state index contributed by atoms with van der Waals surface area (Å²) in [6, 6.07) is 13.8. The van der Waals surface area contributed by atoms with Crippen LogP contribution in [0.5, 0.6) is 0 Å². The van der Waals surface area contributed by atoms with E-state index in [0.29, 0.717) is 5.25 Å². The molecule has 1 unspecified atom stereocenters. The highest BCUT2D eigenvalue weighted by Gasteiger charge is 2.24. The van der Waals surface area contributed by atoms with Gasteiger partial charge in [-0.2, -0.15) is 11.8 Å². The first-order valence-corrected chi connectivity index (χ1v) is 10.5. The zero-order valence-electron chi connectivity index (χ0n) is 13.5. The van der Waals surface area contributed by atoms with Gasteiger partial charge >= 0.3 is 0 Å².